The summed E-state index contributed by atoms with van der Waals surface area (Å²) in [6.45, 7) is 1.70. The number of rotatable bonds is 4. The predicted octanol–water partition coefficient (Wildman–Crippen LogP) is -0.226. The number of nitrogens with one attached hydrogen (secondary N) is 1. The van der Waals surface area contributed by atoms with Crippen molar-refractivity contribution in [3.8, 4) is 0 Å². The van der Waals surface area contributed by atoms with Crippen molar-refractivity contribution >= 4 is 27.3 Å². The number of sulfone groups is 1. The van der Waals surface area contributed by atoms with E-state index in [4.69, 9.17) is 11.6 Å². The average molecular weight is 214 g/mol. The second-order valence-corrected chi connectivity index (χ2v) is 5.14. The molecule has 0 heterocycles. The molecule has 0 aliphatic heterocycles. The Morgan fingerprint density at radius 1 is 1.58 bits per heavy atom. The summed E-state index contributed by atoms with van der Waals surface area (Å²) < 4.78 is 21.2. The van der Waals surface area contributed by atoms with Gasteiger partial charge in [0.05, 0.1) is 0 Å². The molecule has 0 spiro atoms. The summed E-state index contributed by atoms with van der Waals surface area (Å²) in [5.74, 6) is -0.713. The van der Waals surface area contributed by atoms with Gasteiger partial charge in [-0.3, -0.25) is 4.79 Å². The van der Waals surface area contributed by atoms with Crippen LogP contribution in [-0.2, 0) is 14.6 Å². The van der Waals surface area contributed by atoms with Crippen molar-refractivity contribution in [3.05, 3.63) is 0 Å². The van der Waals surface area contributed by atoms with Crippen molar-refractivity contribution in [1.29, 1.82) is 0 Å². The summed E-state index contributed by atoms with van der Waals surface area (Å²) in [7, 11) is -3.23. The Labute approximate surface area is 77.2 Å². The molecule has 6 heteroatoms. The molecule has 0 aromatic rings. The van der Waals surface area contributed by atoms with Gasteiger partial charge in [0.15, 0.2) is 9.84 Å². The Kier molecular flexibility index (Phi) is 4.55. The van der Waals surface area contributed by atoms with Gasteiger partial charge in [-0.15, -0.1) is 11.6 Å². The molecule has 0 fully saturated rings. The molecule has 0 saturated heterocycles. The number of amides is 1. The van der Waals surface area contributed by atoms with E-state index in [-0.39, 0.29) is 11.9 Å². The smallest absolute Gasteiger partial charge is 0.235 e. The van der Waals surface area contributed by atoms with Crippen molar-refractivity contribution < 1.29 is 13.2 Å². The van der Waals surface area contributed by atoms with Gasteiger partial charge in [0.1, 0.15) is 5.75 Å². The first kappa shape index (κ1) is 11.7. The second-order valence-electron chi connectivity index (χ2n) is 2.69. The monoisotopic (exact) mass is 213 g/mol. The van der Waals surface area contributed by atoms with Crippen molar-refractivity contribution in [2.45, 2.75) is 13.0 Å². The van der Waals surface area contributed by atoms with Crippen molar-refractivity contribution in [2.24, 2.45) is 0 Å². The van der Waals surface area contributed by atoms with Crippen LogP contribution in [0.3, 0.4) is 0 Å². The van der Waals surface area contributed by atoms with E-state index in [1.165, 1.54) is 0 Å². The van der Waals surface area contributed by atoms with Gasteiger partial charge in [0.25, 0.3) is 0 Å². The van der Waals surface area contributed by atoms with Gasteiger partial charge in [-0.2, -0.15) is 0 Å². The number of carbonyl (C=O) groups excluding carboxylic acids is 1. The zero-order chi connectivity index (χ0) is 9.78. The third-order valence-electron chi connectivity index (χ3n) is 1.03. The van der Waals surface area contributed by atoms with Gasteiger partial charge < -0.3 is 5.32 Å². The van der Waals surface area contributed by atoms with Crippen LogP contribution in [0.1, 0.15) is 6.92 Å². The second kappa shape index (κ2) is 4.67. The summed E-state index contributed by atoms with van der Waals surface area (Å²) in [6, 6.07) is -0.194. The SMILES string of the molecule is CC(CCl)NC(=O)CS(C)(=O)=O. The highest BCUT2D eigenvalue weighted by atomic mass is 35.5. The quantitative estimate of drug-likeness (QED) is 0.657. The topological polar surface area (TPSA) is 63.2 Å². The summed E-state index contributed by atoms with van der Waals surface area (Å²) in [6.07, 6.45) is 1.01. The minimum Gasteiger partial charge on any atom is -0.352 e. The van der Waals surface area contributed by atoms with Crippen molar-refractivity contribution in [1.82, 2.24) is 5.32 Å². The molecule has 1 N–H and O–H groups in total. The van der Waals surface area contributed by atoms with E-state index in [2.05, 4.69) is 5.32 Å². The fourth-order valence-corrected chi connectivity index (χ4v) is 1.23. The van der Waals surface area contributed by atoms with Crippen LogP contribution in [0.5, 0.6) is 0 Å². The molecule has 12 heavy (non-hydrogen) atoms. The summed E-state index contributed by atoms with van der Waals surface area (Å²) >= 11 is 5.40. The number of hydrogen-bond donors (Lipinski definition) is 1. The summed E-state index contributed by atoms with van der Waals surface area (Å²) in [4.78, 5) is 10.9. The largest absolute Gasteiger partial charge is 0.352 e. The van der Waals surface area contributed by atoms with E-state index in [9.17, 15) is 13.2 Å². The molecule has 0 radical (unpaired) electrons. The van der Waals surface area contributed by atoms with Crippen LogP contribution in [0.4, 0.5) is 0 Å². The molecule has 0 aromatic carbocycles. The first-order valence-electron chi connectivity index (χ1n) is 3.38. The van der Waals surface area contributed by atoms with E-state index in [0.717, 1.165) is 6.26 Å². The first-order chi connectivity index (χ1) is 5.35. The number of halogens is 1. The molecular formula is C6H12ClNO3S. The normalized spacial score (nSPS) is 13.9. The number of hydrogen-bond acceptors (Lipinski definition) is 3. The average Bonchev–Trinajstić information content (AvgIpc) is 1.82. The van der Waals surface area contributed by atoms with E-state index >= 15 is 0 Å². The molecule has 4 nitrogen and oxygen atoms in total. The first-order valence-corrected chi connectivity index (χ1v) is 5.97. The third kappa shape index (κ3) is 6.42. The summed E-state index contributed by atoms with van der Waals surface area (Å²) in [5, 5.41) is 2.44. The third-order valence-corrected chi connectivity index (χ3v) is 2.28. The molecule has 1 unspecified atom stereocenters. The molecule has 0 rings (SSSR count). The van der Waals surface area contributed by atoms with E-state index in [1.54, 1.807) is 6.92 Å². The highest BCUT2D eigenvalue weighted by Crippen LogP contribution is 1.88. The lowest BCUT2D eigenvalue weighted by Gasteiger charge is -2.08. The number of carbonyl (C=O) groups is 1. The zero-order valence-corrected chi connectivity index (χ0v) is 8.57. The molecule has 72 valence electrons. The number of alkyl halides is 1. The fraction of sp³-hybridized carbons (Fsp3) is 0.833. The Morgan fingerprint density at radius 2 is 2.08 bits per heavy atom. The maximum absolute atomic E-state index is 10.9. The van der Waals surface area contributed by atoms with Crippen LogP contribution < -0.4 is 5.32 Å². The van der Waals surface area contributed by atoms with Gasteiger partial charge >= 0.3 is 0 Å². The molecule has 1 amide bonds. The molecule has 0 saturated carbocycles. The van der Waals surface area contributed by atoms with E-state index < -0.39 is 21.5 Å². The maximum atomic E-state index is 10.9. The highest BCUT2D eigenvalue weighted by Gasteiger charge is 2.12. The van der Waals surface area contributed by atoms with Gasteiger partial charge in [0.2, 0.25) is 5.91 Å². The summed E-state index contributed by atoms with van der Waals surface area (Å²) in [5.41, 5.74) is 0. The van der Waals surface area contributed by atoms with Crippen LogP contribution in [0.25, 0.3) is 0 Å². The van der Waals surface area contributed by atoms with Crippen molar-refractivity contribution in [2.75, 3.05) is 17.9 Å². The zero-order valence-electron chi connectivity index (χ0n) is 7.00. The van der Waals surface area contributed by atoms with Gasteiger partial charge in [-0.25, -0.2) is 8.42 Å². The van der Waals surface area contributed by atoms with E-state index in [0.29, 0.717) is 0 Å². The van der Waals surface area contributed by atoms with Gasteiger partial charge in [-0.05, 0) is 6.92 Å². The molecule has 1 atom stereocenters. The van der Waals surface area contributed by atoms with Crippen LogP contribution in [0, 0.1) is 0 Å². The Bertz CT molecular complexity index is 250. The Balaban J connectivity index is 3.92. The van der Waals surface area contributed by atoms with Gasteiger partial charge in [-0.1, -0.05) is 0 Å². The predicted molar refractivity (Wildman–Crippen MR) is 48.0 cm³/mol. The molecule has 0 aliphatic carbocycles. The molecule has 0 aliphatic rings. The molecule has 0 bridgehead atoms. The minimum atomic E-state index is -3.23. The van der Waals surface area contributed by atoms with E-state index in [1.807, 2.05) is 0 Å². The lowest BCUT2D eigenvalue weighted by molar-refractivity contribution is -0.119. The highest BCUT2D eigenvalue weighted by molar-refractivity contribution is 7.91. The van der Waals surface area contributed by atoms with Crippen LogP contribution >= 0.6 is 11.6 Å². The van der Waals surface area contributed by atoms with Crippen molar-refractivity contribution in [3.63, 3.8) is 0 Å². The fourth-order valence-electron chi connectivity index (χ4n) is 0.593. The van der Waals surface area contributed by atoms with Crippen LogP contribution in [-0.4, -0.2) is 38.3 Å². The standard InChI is InChI=1S/C6H12ClNO3S/c1-5(3-7)8-6(9)4-12(2,10)11/h5H,3-4H2,1-2H3,(H,8,9). The van der Waals surface area contributed by atoms with Crippen LogP contribution in [0.15, 0.2) is 0 Å². The minimum absolute atomic E-state index is 0.194. The molecular weight excluding hydrogens is 202 g/mol. The Hall–Kier alpha value is -0.290. The van der Waals surface area contributed by atoms with Gasteiger partial charge in [0, 0.05) is 18.2 Å². The maximum Gasteiger partial charge on any atom is 0.235 e. The lowest BCUT2D eigenvalue weighted by atomic mass is 10.4. The van der Waals surface area contributed by atoms with Crippen LogP contribution in [0.2, 0.25) is 0 Å². The Morgan fingerprint density at radius 3 is 2.42 bits per heavy atom. The lowest BCUT2D eigenvalue weighted by Crippen LogP contribution is -2.37. The molecule has 0 aromatic heterocycles.